The van der Waals surface area contributed by atoms with Crippen molar-refractivity contribution in [1.82, 2.24) is 4.98 Å². The highest BCUT2D eigenvalue weighted by molar-refractivity contribution is 7.11. The summed E-state index contributed by atoms with van der Waals surface area (Å²) < 4.78 is 17.5. The van der Waals surface area contributed by atoms with Crippen molar-refractivity contribution >= 4 is 23.1 Å². The number of carbonyl (C=O) groups excluding carboxylic acids is 2. The maximum Gasteiger partial charge on any atom is 0.375 e. The van der Waals surface area contributed by atoms with E-state index in [4.69, 9.17) is 0 Å². The van der Waals surface area contributed by atoms with Crippen LogP contribution in [0.1, 0.15) is 22.4 Å². The van der Waals surface area contributed by atoms with Gasteiger partial charge in [-0.25, -0.2) is 14.2 Å². The minimum Gasteiger partial charge on any atom is -0.460 e. The highest BCUT2D eigenvalue weighted by Gasteiger charge is 2.17. The van der Waals surface area contributed by atoms with E-state index in [0.29, 0.717) is 11.4 Å². The lowest BCUT2D eigenvalue weighted by molar-refractivity contribution is -0.153. The van der Waals surface area contributed by atoms with Crippen LogP contribution in [0.25, 0.3) is 0 Å². The molecule has 6 heteroatoms. The van der Waals surface area contributed by atoms with Crippen molar-refractivity contribution in [2.45, 2.75) is 19.8 Å². The van der Waals surface area contributed by atoms with Gasteiger partial charge >= 0.3 is 5.97 Å². The molecule has 0 bridgehead atoms. The molecule has 0 unspecified atom stereocenters. The Hall–Kier alpha value is -2.08. The van der Waals surface area contributed by atoms with E-state index in [0.717, 1.165) is 10.4 Å². The van der Waals surface area contributed by atoms with Gasteiger partial charge in [-0.3, -0.25) is 4.79 Å². The summed E-state index contributed by atoms with van der Waals surface area (Å²) in [4.78, 5) is 27.9. The number of nitrogens with zero attached hydrogens (tertiary/aromatic N) is 1. The van der Waals surface area contributed by atoms with Crippen molar-refractivity contribution in [3.8, 4) is 0 Å². The average molecular weight is 307 g/mol. The maximum absolute atomic E-state index is 12.8. The number of ketones is 1. The number of benzene rings is 1. The van der Waals surface area contributed by atoms with Crippen LogP contribution in [-0.2, 0) is 27.2 Å². The Balaban J connectivity index is 1.96. The normalized spacial score (nSPS) is 10.4. The molecule has 0 amide bonds. The fraction of sp³-hybridized carbons (Fsp3) is 0.267. The third-order valence-corrected chi connectivity index (χ3v) is 3.71. The second kappa shape index (κ2) is 7.08. The Morgan fingerprint density at radius 1 is 1.29 bits per heavy atom. The van der Waals surface area contributed by atoms with Gasteiger partial charge in [0.15, 0.2) is 0 Å². The Morgan fingerprint density at radius 2 is 2.00 bits per heavy atom. The molecule has 4 nitrogen and oxygen atoms in total. The third-order valence-electron chi connectivity index (χ3n) is 2.71. The van der Waals surface area contributed by atoms with Crippen LogP contribution in [0.4, 0.5) is 4.39 Å². The molecule has 1 aromatic heterocycles. The Morgan fingerprint density at radius 3 is 2.67 bits per heavy atom. The van der Waals surface area contributed by atoms with Crippen LogP contribution in [0.3, 0.4) is 0 Å². The highest BCUT2D eigenvalue weighted by Crippen LogP contribution is 2.18. The molecule has 1 aromatic carbocycles. The fourth-order valence-corrected chi connectivity index (χ4v) is 2.69. The zero-order valence-corrected chi connectivity index (χ0v) is 12.3. The number of carbonyl (C=O) groups is 2. The quantitative estimate of drug-likeness (QED) is 0.608. The summed E-state index contributed by atoms with van der Waals surface area (Å²) in [6.45, 7) is 1.83. The molecular weight excluding hydrogens is 293 g/mol. The number of aromatic nitrogens is 1. The monoisotopic (exact) mass is 307 g/mol. The lowest BCUT2D eigenvalue weighted by atomic mass is 10.1. The van der Waals surface area contributed by atoms with E-state index in [1.54, 1.807) is 25.3 Å². The van der Waals surface area contributed by atoms with Gasteiger partial charge in [-0.05, 0) is 24.6 Å². The SMILES string of the molecule is CCOC(=O)C(=O)Cc1ncc(Cc2ccc(F)cc2)s1. The minimum absolute atomic E-state index is 0.0487. The first-order valence-corrected chi connectivity index (χ1v) is 7.28. The summed E-state index contributed by atoms with van der Waals surface area (Å²) in [6.07, 6.45) is 2.24. The van der Waals surface area contributed by atoms with Gasteiger partial charge in [-0.1, -0.05) is 12.1 Å². The first kappa shape index (κ1) is 15.3. The van der Waals surface area contributed by atoms with Gasteiger partial charge in [0.25, 0.3) is 0 Å². The predicted octanol–water partition coefficient (Wildman–Crippen LogP) is 2.55. The lowest BCUT2D eigenvalue weighted by Crippen LogP contribution is -2.19. The van der Waals surface area contributed by atoms with Crippen LogP contribution in [-0.4, -0.2) is 23.3 Å². The van der Waals surface area contributed by atoms with E-state index in [1.807, 2.05) is 0 Å². The number of hydrogen-bond donors (Lipinski definition) is 0. The van der Waals surface area contributed by atoms with E-state index < -0.39 is 11.8 Å². The Kier molecular flexibility index (Phi) is 5.16. The largest absolute Gasteiger partial charge is 0.460 e. The topological polar surface area (TPSA) is 56.3 Å². The molecule has 0 fully saturated rings. The van der Waals surface area contributed by atoms with Gasteiger partial charge in [-0.2, -0.15) is 0 Å². The summed E-state index contributed by atoms with van der Waals surface area (Å²) >= 11 is 1.36. The standard InChI is InChI=1S/C15H14FNO3S/c1-2-20-15(19)13(18)8-14-17-9-12(21-14)7-10-3-5-11(16)6-4-10/h3-6,9H,2,7-8H2,1H3. The molecule has 0 radical (unpaired) electrons. The molecule has 0 saturated carbocycles. The van der Waals surface area contributed by atoms with Gasteiger partial charge in [0, 0.05) is 17.5 Å². The van der Waals surface area contributed by atoms with E-state index >= 15 is 0 Å². The number of ether oxygens (including phenoxy) is 1. The number of esters is 1. The van der Waals surface area contributed by atoms with Crippen molar-refractivity contribution in [3.05, 3.63) is 51.7 Å². The molecule has 2 aromatic rings. The van der Waals surface area contributed by atoms with Crippen molar-refractivity contribution in [2.75, 3.05) is 6.61 Å². The van der Waals surface area contributed by atoms with Gasteiger partial charge in [0.2, 0.25) is 5.78 Å². The smallest absolute Gasteiger partial charge is 0.375 e. The summed E-state index contributed by atoms with van der Waals surface area (Å²) in [7, 11) is 0. The van der Waals surface area contributed by atoms with Crippen LogP contribution < -0.4 is 0 Å². The fourth-order valence-electron chi connectivity index (χ4n) is 1.74. The first-order valence-electron chi connectivity index (χ1n) is 6.46. The second-order valence-corrected chi connectivity index (χ2v) is 5.54. The number of thiazole rings is 1. The summed E-state index contributed by atoms with van der Waals surface area (Å²) in [6, 6.07) is 6.22. The van der Waals surface area contributed by atoms with Gasteiger partial charge in [0.1, 0.15) is 10.8 Å². The van der Waals surface area contributed by atoms with Crippen molar-refractivity contribution < 1.29 is 18.7 Å². The van der Waals surface area contributed by atoms with Crippen molar-refractivity contribution in [1.29, 1.82) is 0 Å². The molecule has 0 aliphatic heterocycles. The lowest BCUT2D eigenvalue weighted by Gasteiger charge is -1.98. The number of rotatable bonds is 6. The zero-order chi connectivity index (χ0) is 15.2. The van der Waals surface area contributed by atoms with E-state index in [9.17, 15) is 14.0 Å². The minimum atomic E-state index is -0.826. The average Bonchev–Trinajstić information content (AvgIpc) is 2.89. The van der Waals surface area contributed by atoms with E-state index in [2.05, 4.69) is 9.72 Å². The first-order chi connectivity index (χ1) is 10.1. The molecule has 2 rings (SSSR count). The molecular formula is C15H14FNO3S. The number of hydrogen-bond acceptors (Lipinski definition) is 5. The van der Waals surface area contributed by atoms with Crippen LogP contribution in [0.5, 0.6) is 0 Å². The van der Waals surface area contributed by atoms with Gasteiger partial charge in [-0.15, -0.1) is 11.3 Å². The molecule has 110 valence electrons. The van der Waals surface area contributed by atoms with E-state index in [-0.39, 0.29) is 18.8 Å². The van der Waals surface area contributed by atoms with Crippen LogP contribution in [0.2, 0.25) is 0 Å². The van der Waals surface area contributed by atoms with Crippen molar-refractivity contribution in [3.63, 3.8) is 0 Å². The molecule has 1 heterocycles. The Bertz CT molecular complexity index is 637. The molecule has 0 N–H and O–H groups in total. The molecule has 21 heavy (non-hydrogen) atoms. The second-order valence-electron chi connectivity index (χ2n) is 4.34. The number of halogens is 1. The van der Waals surface area contributed by atoms with Crippen molar-refractivity contribution in [2.24, 2.45) is 0 Å². The zero-order valence-electron chi connectivity index (χ0n) is 11.5. The molecule has 0 aliphatic rings. The molecule has 0 spiro atoms. The summed E-state index contributed by atoms with van der Waals surface area (Å²) in [5.41, 5.74) is 0.961. The Labute approximate surface area is 125 Å². The van der Waals surface area contributed by atoms with E-state index in [1.165, 1.54) is 23.5 Å². The summed E-state index contributed by atoms with van der Waals surface area (Å²) in [5, 5.41) is 0.574. The molecule has 0 atom stereocenters. The predicted molar refractivity (Wildman–Crippen MR) is 76.7 cm³/mol. The van der Waals surface area contributed by atoms with Gasteiger partial charge in [0.05, 0.1) is 13.0 Å². The summed E-state index contributed by atoms with van der Waals surface area (Å²) in [5.74, 6) is -1.70. The van der Waals surface area contributed by atoms with Crippen LogP contribution in [0, 0.1) is 5.82 Å². The van der Waals surface area contributed by atoms with Crippen LogP contribution >= 0.6 is 11.3 Å². The highest BCUT2D eigenvalue weighted by atomic mass is 32.1. The van der Waals surface area contributed by atoms with Crippen LogP contribution in [0.15, 0.2) is 30.5 Å². The number of Topliss-reactive ketones (excluding diaryl/α,β-unsaturated/α-hetero) is 1. The molecule has 0 aliphatic carbocycles. The van der Waals surface area contributed by atoms with Gasteiger partial charge < -0.3 is 4.74 Å². The third kappa shape index (κ3) is 4.46. The molecule has 0 saturated heterocycles. The maximum atomic E-state index is 12.8.